The summed E-state index contributed by atoms with van der Waals surface area (Å²) >= 11 is 0. The molecule has 0 bridgehead atoms. The van der Waals surface area contributed by atoms with Crippen LogP contribution in [0.4, 0.5) is 5.69 Å². The van der Waals surface area contributed by atoms with Gasteiger partial charge in [0.15, 0.2) is 17.3 Å². The molecule has 1 aromatic carbocycles. The number of benzene rings is 1. The van der Waals surface area contributed by atoms with E-state index in [1.54, 1.807) is 15.4 Å². The fourth-order valence-corrected chi connectivity index (χ4v) is 4.11. The summed E-state index contributed by atoms with van der Waals surface area (Å²) in [5, 5.41) is 17.6. The fourth-order valence-electron chi connectivity index (χ4n) is 4.11. The first-order valence-corrected chi connectivity index (χ1v) is 11.2. The Morgan fingerprint density at radius 3 is 2.59 bits per heavy atom. The molecule has 34 heavy (non-hydrogen) atoms. The zero-order chi connectivity index (χ0) is 22.9. The Morgan fingerprint density at radius 1 is 0.941 bits per heavy atom. The number of rotatable bonds is 5. The summed E-state index contributed by atoms with van der Waals surface area (Å²) in [5.74, 6) is 1.46. The zero-order valence-corrected chi connectivity index (χ0v) is 18.7. The van der Waals surface area contributed by atoms with Crippen LogP contribution in [0.3, 0.4) is 0 Å². The van der Waals surface area contributed by atoms with Crippen LogP contribution < -0.4 is 4.90 Å². The van der Waals surface area contributed by atoms with Gasteiger partial charge in [0, 0.05) is 43.9 Å². The minimum atomic E-state index is 0.588. The van der Waals surface area contributed by atoms with Crippen LogP contribution in [0, 0.1) is 0 Å². The maximum absolute atomic E-state index is 5.43. The molecule has 0 N–H and O–H groups in total. The van der Waals surface area contributed by atoms with Gasteiger partial charge in [-0.05, 0) is 23.8 Å². The second kappa shape index (κ2) is 8.64. The standard InChI is InChI=1S/C24H23N9O/c1-31-16-19(13-27-31)21-5-6-22-28-29-23(33(22)30-21)12-17-3-2-4-18(11-17)24-25-14-20(15-26-24)32-7-9-34-10-8-32/h2-6,11,13-16H,7-10,12H2,1H3. The van der Waals surface area contributed by atoms with E-state index in [2.05, 4.69) is 42.3 Å². The van der Waals surface area contributed by atoms with Gasteiger partial charge in [0.05, 0.1) is 43.2 Å². The topological polar surface area (TPSA) is 99.2 Å². The number of anilines is 1. The summed E-state index contributed by atoms with van der Waals surface area (Å²) in [7, 11) is 1.89. The van der Waals surface area contributed by atoms with Gasteiger partial charge in [-0.15, -0.1) is 10.2 Å². The summed E-state index contributed by atoms with van der Waals surface area (Å²) in [5.41, 5.74) is 5.55. The van der Waals surface area contributed by atoms with Crippen molar-refractivity contribution in [3.8, 4) is 22.6 Å². The molecule has 0 saturated carbocycles. The average Bonchev–Trinajstić information content (AvgIpc) is 3.51. The molecule has 0 atom stereocenters. The van der Waals surface area contributed by atoms with Crippen LogP contribution >= 0.6 is 0 Å². The Kier molecular flexibility index (Phi) is 5.19. The van der Waals surface area contributed by atoms with Crippen molar-refractivity contribution in [2.45, 2.75) is 6.42 Å². The Morgan fingerprint density at radius 2 is 1.79 bits per heavy atom. The van der Waals surface area contributed by atoms with Crippen molar-refractivity contribution in [3.05, 3.63) is 72.6 Å². The second-order valence-corrected chi connectivity index (χ2v) is 8.25. The molecule has 1 saturated heterocycles. The monoisotopic (exact) mass is 453 g/mol. The minimum absolute atomic E-state index is 0.588. The molecule has 10 heteroatoms. The number of aryl methyl sites for hydroxylation is 1. The molecular formula is C24H23N9O. The molecule has 0 spiro atoms. The highest BCUT2D eigenvalue weighted by Crippen LogP contribution is 2.21. The smallest absolute Gasteiger partial charge is 0.177 e. The van der Waals surface area contributed by atoms with Crippen LogP contribution in [0.25, 0.3) is 28.3 Å². The highest BCUT2D eigenvalue weighted by molar-refractivity contribution is 5.59. The predicted molar refractivity (Wildman–Crippen MR) is 126 cm³/mol. The SMILES string of the molecule is Cn1cc(-c2ccc3nnc(Cc4cccc(-c5ncc(N6CCOCC6)cn5)c4)n3n2)cn1. The van der Waals surface area contributed by atoms with E-state index in [9.17, 15) is 0 Å². The molecular weight excluding hydrogens is 430 g/mol. The van der Waals surface area contributed by atoms with Gasteiger partial charge in [-0.1, -0.05) is 18.2 Å². The quantitative estimate of drug-likeness (QED) is 0.400. The molecule has 0 radical (unpaired) electrons. The fraction of sp³-hybridized carbons (Fsp3) is 0.250. The van der Waals surface area contributed by atoms with Crippen LogP contribution in [-0.4, -0.2) is 65.9 Å². The summed E-state index contributed by atoms with van der Waals surface area (Å²) in [4.78, 5) is 11.5. The summed E-state index contributed by atoms with van der Waals surface area (Å²) in [6.07, 6.45) is 8.09. The van der Waals surface area contributed by atoms with E-state index >= 15 is 0 Å². The molecule has 4 aromatic heterocycles. The van der Waals surface area contributed by atoms with E-state index in [1.165, 1.54) is 0 Å². The predicted octanol–water partition coefficient (Wildman–Crippen LogP) is 2.41. The van der Waals surface area contributed by atoms with Crippen LogP contribution in [0.15, 0.2) is 61.2 Å². The lowest BCUT2D eigenvalue weighted by Crippen LogP contribution is -2.36. The van der Waals surface area contributed by atoms with E-state index in [-0.39, 0.29) is 0 Å². The molecule has 6 rings (SSSR count). The van der Waals surface area contributed by atoms with E-state index in [1.807, 2.05) is 49.9 Å². The molecule has 170 valence electrons. The van der Waals surface area contributed by atoms with Gasteiger partial charge in [-0.2, -0.15) is 14.7 Å². The first-order chi connectivity index (χ1) is 16.7. The normalized spacial score (nSPS) is 14.1. The van der Waals surface area contributed by atoms with Gasteiger partial charge in [0.2, 0.25) is 0 Å². The lowest BCUT2D eigenvalue weighted by Gasteiger charge is -2.28. The maximum atomic E-state index is 5.43. The van der Waals surface area contributed by atoms with E-state index < -0.39 is 0 Å². The number of hydrogen-bond donors (Lipinski definition) is 0. The lowest BCUT2D eigenvalue weighted by atomic mass is 10.1. The van der Waals surface area contributed by atoms with Gasteiger partial charge in [0.1, 0.15) is 0 Å². The number of hydrogen-bond acceptors (Lipinski definition) is 8. The second-order valence-electron chi connectivity index (χ2n) is 8.25. The third-order valence-electron chi connectivity index (χ3n) is 5.89. The average molecular weight is 454 g/mol. The van der Waals surface area contributed by atoms with Gasteiger partial charge in [-0.3, -0.25) is 4.68 Å². The van der Waals surface area contributed by atoms with E-state index in [4.69, 9.17) is 9.84 Å². The Balaban J connectivity index is 1.25. The minimum Gasteiger partial charge on any atom is -0.378 e. The van der Waals surface area contributed by atoms with Crippen molar-refractivity contribution in [1.29, 1.82) is 0 Å². The number of fused-ring (bicyclic) bond motifs is 1. The number of nitrogens with zero attached hydrogens (tertiary/aromatic N) is 9. The van der Waals surface area contributed by atoms with Crippen molar-refractivity contribution in [2.75, 3.05) is 31.2 Å². The third-order valence-corrected chi connectivity index (χ3v) is 5.89. The van der Waals surface area contributed by atoms with Crippen molar-refractivity contribution in [3.63, 3.8) is 0 Å². The Labute approximate surface area is 195 Å². The van der Waals surface area contributed by atoms with Gasteiger partial charge < -0.3 is 9.64 Å². The summed E-state index contributed by atoms with van der Waals surface area (Å²) < 4.78 is 8.98. The highest BCUT2D eigenvalue weighted by Gasteiger charge is 2.14. The van der Waals surface area contributed by atoms with Crippen LogP contribution in [0.5, 0.6) is 0 Å². The maximum Gasteiger partial charge on any atom is 0.177 e. The third kappa shape index (κ3) is 3.99. The number of morpholine rings is 1. The Hall–Kier alpha value is -4.18. The van der Waals surface area contributed by atoms with Crippen molar-refractivity contribution < 1.29 is 4.74 Å². The number of aromatic nitrogens is 8. The molecule has 0 aliphatic carbocycles. The largest absolute Gasteiger partial charge is 0.378 e. The zero-order valence-electron chi connectivity index (χ0n) is 18.7. The van der Waals surface area contributed by atoms with E-state index in [0.717, 1.165) is 60.2 Å². The molecule has 0 unspecified atom stereocenters. The summed E-state index contributed by atoms with van der Waals surface area (Å²) in [6.45, 7) is 3.20. The molecule has 0 amide bonds. The molecule has 10 nitrogen and oxygen atoms in total. The number of ether oxygens (including phenoxy) is 1. The Bertz CT molecular complexity index is 1430. The molecule has 5 aromatic rings. The van der Waals surface area contributed by atoms with Gasteiger partial charge >= 0.3 is 0 Å². The molecule has 1 fully saturated rings. The van der Waals surface area contributed by atoms with Crippen LogP contribution in [0.1, 0.15) is 11.4 Å². The molecule has 5 heterocycles. The first kappa shape index (κ1) is 20.4. The van der Waals surface area contributed by atoms with E-state index in [0.29, 0.717) is 17.9 Å². The van der Waals surface area contributed by atoms with Crippen LogP contribution in [0.2, 0.25) is 0 Å². The van der Waals surface area contributed by atoms with Gasteiger partial charge in [0.25, 0.3) is 0 Å². The van der Waals surface area contributed by atoms with Crippen molar-refractivity contribution in [1.82, 2.24) is 39.6 Å². The lowest BCUT2D eigenvalue weighted by molar-refractivity contribution is 0.122. The van der Waals surface area contributed by atoms with Crippen molar-refractivity contribution >= 4 is 11.3 Å². The molecule has 1 aliphatic heterocycles. The highest BCUT2D eigenvalue weighted by atomic mass is 16.5. The van der Waals surface area contributed by atoms with Gasteiger partial charge in [-0.25, -0.2) is 9.97 Å². The van der Waals surface area contributed by atoms with Crippen molar-refractivity contribution in [2.24, 2.45) is 7.05 Å². The van der Waals surface area contributed by atoms with Crippen LogP contribution in [-0.2, 0) is 18.2 Å². The first-order valence-electron chi connectivity index (χ1n) is 11.2. The summed E-state index contributed by atoms with van der Waals surface area (Å²) in [6, 6.07) is 12.1. The molecule has 1 aliphatic rings.